The van der Waals surface area contributed by atoms with E-state index in [1.807, 2.05) is 12.1 Å². The van der Waals surface area contributed by atoms with E-state index in [-0.39, 0.29) is 12.0 Å². The van der Waals surface area contributed by atoms with Crippen molar-refractivity contribution in [3.8, 4) is 5.75 Å². The Morgan fingerprint density at radius 2 is 2.00 bits per heavy atom. The lowest BCUT2D eigenvalue weighted by atomic mass is 10.1. The number of hydrogen-bond acceptors (Lipinski definition) is 4. The lowest BCUT2D eigenvalue weighted by molar-refractivity contribution is -0.122. The molecule has 2 heterocycles. The predicted molar refractivity (Wildman–Crippen MR) is 90.6 cm³/mol. The Morgan fingerprint density at radius 1 is 1.26 bits per heavy atom. The molecule has 0 aromatic heterocycles. The highest BCUT2D eigenvalue weighted by molar-refractivity contribution is 5.78. The summed E-state index contributed by atoms with van der Waals surface area (Å²) >= 11 is 0. The van der Waals surface area contributed by atoms with E-state index >= 15 is 0 Å². The van der Waals surface area contributed by atoms with Gasteiger partial charge < -0.3 is 15.0 Å². The number of ether oxygens (including phenoxy) is 1. The fourth-order valence-corrected chi connectivity index (χ4v) is 3.31. The molecule has 1 saturated heterocycles. The molecule has 0 spiro atoms. The number of piperazine rings is 1. The highest BCUT2D eigenvalue weighted by Crippen LogP contribution is 2.29. The highest BCUT2D eigenvalue weighted by atomic mass is 16.5. The molecule has 1 aromatic rings. The Hall–Kier alpha value is -1.59. The van der Waals surface area contributed by atoms with Crippen molar-refractivity contribution >= 4 is 5.91 Å². The maximum Gasteiger partial charge on any atom is 0.234 e. The van der Waals surface area contributed by atoms with Crippen molar-refractivity contribution in [2.75, 3.05) is 39.3 Å². The first-order valence-electron chi connectivity index (χ1n) is 8.64. The minimum absolute atomic E-state index is 0.111. The number of rotatable bonds is 5. The molecule has 0 bridgehead atoms. The fourth-order valence-electron chi connectivity index (χ4n) is 3.31. The van der Waals surface area contributed by atoms with E-state index in [0.29, 0.717) is 13.1 Å². The quantitative estimate of drug-likeness (QED) is 0.888. The second-order valence-electron chi connectivity index (χ2n) is 6.56. The Morgan fingerprint density at radius 3 is 2.74 bits per heavy atom. The van der Waals surface area contributed by atoms with Gasteiger partial charge in [-0.1, -0.05) is 19.1 Å². The topological polar surface area (TPSA) is 44.8 Å². The number of benzene rings is 1. The zero-order chi connectivity index (χ0) is 16.2. The summed E-state index contributed by atoms with van der Waals surface area (Å²) in [6.07, 6.45) is 1.22. The summed E-state index contributed by atoms with van der Waals surface area (Å²) < 4.78 is 5.71. The van der Waals surface area contributed by atoms with Gasteiger partial charge in [-0.25, -0.2) is 0 Å². The zero-order valence-electron chi connectivity index (χ0n) is 14.2. The van der Waals surface area contributed by atoms with Gasteiger partial charge in [0.15, 0.2) is 0 Å². The van der Waals surface area contributed by atoms with Crippen molar-refractivity contribution in [1.29, 1.82) is 0 Å². The van der Waals surface area contributed by atoms with Crippen LogP contribution in [0.15, 0.2) is 18.2 Å². The third-order valence-corrected chi connectivity index (χ3v) is 4.73. The molecular weight excluding hydrogens is 290 g/mol. The van der Waals surface area contributed by atoms with Crippen LogP contribution in [0.1, 0.15) is 25.0 Å². The van der Waals surface area contributed by atoms with Gasteiger partial charge in [0.25, 0.3) is 0 Å². The molecule has 1 amide bonds. The van der Waals surface area contributed by atoms with Crippen LogP contribution >= 0.6 is 0 Å². The summed E-state index contributed by atoms with van der Waals surface area (Å²) in [5, 5.41) is 3.04. The predicted octanol–water partition coefficient (Wildman–Crippen LogP) is 1.26. The molecule has 1 atom stereocenters. The molecule has 1 aromatic carbocycles. The normalized spacial score (nSPS) is 21.7. The number of fused-ring (bicyclic) bond motifs is 1. The second kappa shape index (κ2) is 7.32. The van der Waals surface area contributed by atoms with Crippen LogP contribution in [0.3, 0.4) is 0 Å². The molecular formula is C18H27N3O2. The van der Waals surface area contributed by atoms with Crippen molar-refractivity contribution < 1.29 is 9.53 Å². The number of carbonyl (C=O) groups is 1. The van der Waals surface area contributed by atoms with E-state index in [1.165, 1.54) is 5.56 Å². The lowest BCUT2D eigenvalue weighted by Crippen LogP contribution is -2.49. The standard InChI is InChI=1S/C18H27N3O2/c1-3-20-6-8-21(9-7-20)13-18(22)19-12-15-4-5-17-16(11-15)10-14(2)23-17/h4-5,11,14H,3,6-10,12-13H2,1-2H3,(H,19,22). The van der Waals surface area contributed by atoms with Gasteiger partial charge in [-0.2, -0.15) is 0 Å². The molecule has 1 unspecified atom stereocenters. The van der Waals surface area contributed by atoms with E-state index in [1.54, 1.807) is 0 Å². The first kappa shape index (κ1) is 16.3. The maximum atomic E-state index is 12.1. The number of likely N-dealkylation sites (N-methyl/N-ethyl adjacent to an activating group) is 1. The first-order chi connectivity index (χ1) is 11.1. The van der Waals surface area contributed by atoms with Crippen LogP contribution in [0, 0.1) is 0 Å². The minimum atomic E-state index is 0.111. The summed E-state index contributed by atoms with van der Waals surface area (Å²) in [7, 11) is 0. The van der Waals surface area contributed by atoms with E-state index in [0.717, 1.165) is 50.5 Å². The Balaban J connectivity index is 1.44. The molecule has 0 saturated carbocycles. The largest absolute Gasteiger partial charge is 0.490 e. The van der Waals surface area contributed by atoms with Crippen LogP contribution in [-0.4, -0.2) is 61.1 Å². The van der Waals surface area contributed by atoms with Gasteiger partial charge in [0, 0.05) is 39.1 Å². The van der Waals surface area contributed by atoms with Crippen molar-refractivity contribution in [3.63, 3.8) is 0 Å². The molecule has 0 aliphatic carbocycles. The summed E-state index contributed by atoms with van der Waals surface area (Å²) in [6.45, 7) is 10.5. The van der Waals surface area contributed by atoms with Gasteiger partial charge in [0.1, 0.15) is 11.9 Å². The van der Waals surface area contributed by atoms with Crippen molar-refractivity contribution in [2.24, 2.45) is 0 Å². The van der Waals surface area contributed by atoms with E-state index in [4.69, 9.17) is 4.74 Å². The lowest BCUT2D eigenvalue weighted by Gasteiger charge is -2.33. The van der Waals surface area contributed by atoms with Gasteiger partial charge in [0.05, 0.1) is 6.54 Å². The molecule has 1 fully saturated rings. The summed E-state index contributed by atoms with van der Waals surface area (Å²) in [4.78, 5) is 16.8. The molecule has 2 aliphatic heterocycles. The Labute approximate surface area is 138 Å². The van der Waals surface area contributed by atoms with Crippen molar-refractivity contribution in [2.45, 2.75) is 32.9 Å². The molecule has 0 radical (unpaired) electrons. The molecule has 5 heteroatoms. The number of amides is 1. The van der Waals surface area contributed by atoms with Crippen LogP contribution in [0.2, 0.25) is 0 Å². The van der Waals surface area contributed by atoms with Gasteiger partial charge in [-0.3, -0.25) is 9.69 Å². The average Bonchev–Trinajstić information content (AvgIpc) is 2.93. The second-order valence-corrected chi connectivity index (χ2v) is 6.56. The molecule has 1 N–H and O–H groups in total. The fraction of sp³-hybridized carbons (Fsp3) is 0.611. The van der Waals surface area contributed by atoms with Gasteiger partial charge in [0.2, 0.25) is 5.91 Å². The monoisotopic (exact) mass is 317 g/mol. The van der Waals surface area contributed by atoms with E-state index < -0.39 is 0 Å². The molecule has 3 rings (SSSR count). The third-order valence-electron chi connectivity index (χ3n) is 4.73. The van der Waals surface area contributed by atoms with Crippen LogP contribution in [0.25, 0.3) is 0 Å². The number of nitrogens with one attached hydrogen (secondary N) is 1. The van der Waals surface area contributed by atoms with Crippen LogP contribution in [0.4, 0.5) is 0 Å². The number of hydrogen-bond donors (Lipinski definition) is 1. The average molecular weight is 317 g/mol. The highest BCUT2D eigenvalue weighted by Gasteiger charge is 2.20. The smallest absolute Gasteiger partial charge is 0.234 e. The summed E-state index contributed by atoms with van der Waals surface area (Å²) in [5.41, 5.74) is 2.39. The Bertz CT molecular complexity index is 553. The molecule has 23 heavy (non-hydrogen) atoms. The van der Waals surface area contributed by atoms with Crippen LogP contribution in [0.5, 0.6) is 5.75 Å². The molecule has 2 aliphatic rings. The van der Waals surface area contributed by atoms with Gasteiger partial charge >= 0.3 is 0 Å². The van der Waals surface area contributed by atoms with E-state index in [9.17, 15) is 4.79 Å². The minimum Gasteiger partial charge on any atom is -0.490 e. The van der Waals surface area contributed by atoms with Gasteiger partial charge in [-0.15, -0.1) is 0 Å². The van der Waals surface area contributed by atoms with E-state index in [2.05, 4.69) is 35.0 Å². The zero-order valence-corrected chi connectivity index (χ0v) is 14.2. The number of nitrogens with zero attached hydrogens (tertiary/aromatic N) is 2. The number of carbonyl (C=O) groups excluding carboxylic acids is 1. The Kier molecular flexibility index (Phi) is 5.18. The van der Waals surface area contributed by atoms with Crippen LogP contribution < -0.4 is 10.1 Å². The van der Waals surface area contributed by atoms with Gasteiger partial charge in [-0.05, 0) is 30.7 Å². The summed E-state index contributed by atoms with van der Waals surface area (Å²) in [6, 6.07) is 6.21. The third kappa shape index (κ3) is 4.24. The maximum absolute atomic E-state index is 12.1. The SMILES string of the molecule is CCN1CCN(CC(=O)NCc2ccc3c(c2)CC(C)O3)CC1. The molecule has 126 valence electrons. The van der Waals surface area contributed by atoms with Crippen molar-refractivity contribution in [1.82, 2.24) is 15.1 Å². The molecule has 5 nitrogen and oxygen atoms in total. The summed E-state index contributed by atoms with van der Waals surface area (Å²) in [5.74, 6) is 1.10. The van der Waals surface area contributed by atoms with Crippen LogP contribution in [-0.2, 0) is 17.8 Å². The first-order valence-corrected chi connectivity index (χ1v) is 8.64. The van der Waals surface area contributed by atoms with Crippen molar-refractivity contribution in [3.05, 3.63) is 29.3 Å².